The van der Waals surface area contributed by atoms with Gasteiger partial charge in [-0.05, 0) is 36.8 Å². The summed E-state index contributed by atoms with van der Waals surface area (Å²) in [5.41, 5.74) is 2.29. The van der Waals surface area contributed by atoms with Gasteiger partial charge in [0.25, 0.3) is 0 Å². The van der Waals surface area contributed by atoms with Crippen molar-refractivity contribution in [3.63, 3.8) is 0 Å². The molecule has 0 bridgehead atoms. The van der Waals surface area contributed by atoms with Gasteiger partial charge < -0.3 is 9.47 Å². The Morgan fingerprint density at radius 2 is 2.14 bits per heavy atom. The molecule has 2 aromatic rings. The van der Waals surface area contributed by atoms with Crippen LogP contribution in [0.2, 0.25) is 0 Å². The monoisotopic (exact) mass is 286 g/mol. The first-order valence-corrected chi connectivity index (χ1v) is 7.46. The summed E-state index contributed by atoms with van der Waals surface area (Å²) in [6, 6.07) is 2.15. The standard InChI is InChI=1S/C15H18N4O2/c1-5-16-15(17-6-1)21-10-13-14-12(4-7-20-13)9-19(18-14)8-11-2-3-11/h1,5-6,9,11,13H,2-4,7-8,10H2. The summed E-state index contributed by atoms with van der Waals surface area (Å²) < 4.78 is 13.5. The van der Waals surface area contributed by atoms with Gasteiger partial charge in [0.2, 0.25) is 0 Å². The molecular weight excluding hydrogens is 268 g/mol. The van der Waals surface area contributed by atoms with Crippen molar-refractivity contribution >= 4 is 0 Å². The molecule has 6 nitrogen and oxygen atoms in total. The van der Waals surface area contributed by atoms with E-state index in [0.29, 0.717) is 19.2 Å². The zero-order chi connectivity index (χ0) is 14.1. The Kier molecular flexibility index (Phi) is 3.31. The van der Waals surface area contributed by atoms with Crippen molar-refractivity contribution in [2.24, 2.45) is 5.92 Å². The van der Waals surface area contributed by atoms with Crippen LogP contribution < -0.4 is 4.74 Å². The highest BCUT2D eigenvalue weighted by molar-refractivity contribution is 5.22. The summed E-state index contributed by atoms with van der Waals surface area (Å²) in [5, 5.41) is 4.70. The fraction of sp³-hybridized carbons (Fsp3) is 0.533. The van der Waals surface area contributed by atoms with Crippen molar-refractivity contribution in [2.45, 2.75) is 31.9 Å². The number of nitrogens with zero attached hydrogens (tertiary/aromatic N) is 4. The Morgan fingerprint density at radius 3 is 2.95 bits per heavy atom. The zero-order valence-corrected chi connectivity index (χ0v) is 11.8. The van der Waals surface area contributed by atoms with Crippen LogP contribution in [0.5, 0.6) is 6.01 Å². The molecule has 2 aliphatic rings. The first kappa shape index (κ1) is 12.8. The second-order valence-electron chi connectivity index (χ2n) is 5.66. The normalized spacial score (nSPS) is 21.0. The molecule has 1 fully saturated rings. The van der Waals surface area contributed by atoms with Crippen molar-refractivity contribution in [3.8, 4) is 6.01 Å². The Hall–Kier alpha value is -1.95. The quantitative estimate of drug-likeness (QED) is 0.838. The van der Waals surface area contributed by atoms with Gasteiger partial charge in [-0.3, -0.25) is 4.68 Å². The Morgan fingerprint density at radius 1 is 1.29 bits per heavy atom. The third-order valence-electron chi connectivity index (χ3n) is 3.91. The third-order valence-corrected chi connectivity index (χ3v) is 3.91. The van der Waals surface area contributed by atoms with Crippen molar-refractivity contribution in [2.75, 3.05) is 13.2 Å². The zero-order valence-electron chi connectivity index (χ0n) is 11.8. The van der Waals surface area contributed by atoms with Crippen LogP contribution in [-0.4, -0.2) is 33.0 Å². The highest BCUT2D eigenvalue weighted by atomic mass is 16.5. The lowest BCUT2D eigenvalue weighted by atomic mass is 10.1. The lowest BCUT2D eigenvalue weighted by Gasteiger charge is -2.21. The highest BCUT2D eigenvalue weighted by Crippen LogP contribution is 2.32. The van der Waals surface area contributed by atoms with E-state index < -0.39 is 0 Å². The van der Waals surface area contributed by atoms with E-state index in [0.717, 1.165) is 24.6 Å². The van der Waals surface area contributed by atoms with Gasteiger partial charge in [0, 0.05) is 25.1 Å². The molecule has 1 aliphatic carbocycles. The average Bonchev–Trinajstić information content (AvgIpc) is 3.23. The van der Waals surface area contributed by atoms with Gasteiger partial charge in [-0.2, -0.15) is 5.10 Å². The lowest BCUT2D eigenvalue weighted by molar-refractivity contribution is 0.00516. The van der Waals surface area contributed by atoms with E-state index in [1.807, 2.05) is 0 Å². The van der Waals surface area contributed by atoms with Crippen molar-refractivity contribution in [1.82, 2.24) is 19.7 Å². The van der Waals surface area contributed by atoms with Crippen molar-refractivity contribution in [1.29, 1.82) is 0 Å². The molecule has 0 amide bonds. The average molecular weight is 286 g/mol. The molecule has 1 atom stereocenters. The number of rotatable bonds is 5. The molecule has 4 rings (SSSR count). The second-order valence-corrected chi connectivity index (χ2v) is 5.66. The molecule has 1 saturated carbocycles. The van der Waals surface area contributed by atoms with Gasteiger partial charge in [-0.25, -0.2) is 9.97 Å². The second kappa shape index (κ2) is 5.44. The van der Waals surface area contributed by atoms with Crippen LogP contribution in [-0.2, 0) is 17.7 Å². The summed E-state index contributed by atoms with van der Waals surface area (Å²) in [7, 11) is 0. The Labute approximate surface area is 123 Å². The molecule has 0 spiro atoms. The molecule has 6 heteroatoms. The maximum atomic E-state index is 5.80. The maximum Gasteiger partial charge on any atom is 0.316 e. The predicted molar refractivity (Wildman–Crippen MR) is 74.9 cm³/mol. The van der Waals surface area contributed by atoms with Gasteiger partial charge in [-0.15, -0.1) is 0 Å². The van der Waals surface area contributed by atoms with Crippen molar-refractivity contribution < 1.29 is 9.47 Å². The number of ether oxygens (including phenoxy) is 2. The molecule has 0 saturated heterocycles. The van der Waals surface area contributed by atoms with Crippen LogP contribution >= 0.6 is 0 Å². The summed E-state index contributed by atoms with van der Waals surface area (Å²) in [6.07, 6.45) is 8.97. The topological polar surface area (TPSA) is 62.1 Å². The number of hydrogen-bond donors (Lipinski definition) is 0. The summed E-state index contributed by atoms with van der Waals surface area (Å²) >= 11 is 0. The molecule has 21 heavy (non-hydrogen) atoms. The first-order valence-electron chi connectivity index (χ1n) is 7.46. The van der Waals surface area contributed by atoms with Gasteiger partial charge in [0.05, 0.1) is 12.3 Å². The van der Waals surface area contributed by atoms with E-state index in [1.165, 1.54) is 18.4 Å². The molecule has 0 aromatic carbocycles. The van der Waals surface area contributed by atoms with Crippen LogP contribution in [0.3, 0.4) is 0 Å². The first-order chi connectivity index (χ1) is 10.4. The van der Waals surface area contributed by atoms with Crippen LogP contribution in [0.1, 0.15) is 30.2 Å². The van der Waals surface area contributed by atoms with E-state index in [9.17, 15) is 0 Å². The minimum Gasteiger partial charge on any atom is -0.460 e. The molecular formula is C15H18N4O2. The minimum absolute atomic E-state index is 0.127. The molecule has 2 aromatic heterocycles. The van der Waals surface area contributed by atoms with Gasteiger partial charge in [0.1, 0.15) is 12.7 Å². The smallest absolute Gasteiger partial charge is 0.316 e. The van der Waals surface area contributed by atoms with Gasteiger partial charge in [-0.1, -0.05) is 0 Å². The van der Waals surface area contributed by atoms with Gasteiger partial charge >= 0.3 is 6.01 Å². The minimum atomic E-state index is -0.127. The molecule has 110 valence electrons. The van der Waals surface area contributed by atoms with Crippen LogP contribution in [0.25, 0.3) is 0 Å². The molecule has 0 radical (unpaired) electrons. The molecule has 1 unspecified atom stereocenters. The van der Waals surface area contributed by atoms with Crippen molar-refractivity contribution in [3.05, 3.63) is 35.9 Å². The van der Waals surface area contributed by atoms with E-state index in [-0.39, 0.29) is 6.10 Å². The predicted octanol–water partition coefficient (Wildman–Crippen LogP) is 1.78. The maximum absolute atomic E-state index is 5.80. The Bertz CT molecular complexity index is 609. The number of aromatic nitrogens is 4. The van der Waals surface area contributed by atoms with E-state index in [1.54, 1.807) is 18.5 Å². The third kappa shape index (κ3) is 2.90. The Balaban J connectivity index is 1.46. The number of hydrogen-bond acceptors (Lipinski definition) is 5. The van der Waals surface area contributed by atoms with E-state index in [4.69, 9.17) is 14.6 Å². The van der Waals surface area contributed by atoms with Crippen LogP contribution in [0.15, 0.2) is 24.7 Å². The van der Waals surface area contributed by atoms with Crippen LogP contribution in [0, 0.1) is 5.92 Å². The summed E-state index contributed by atoms with van der Waals surface area (Å²) in [6.45, 7) is 2.14. The summed E-state index contributed by atoms with van der Waals surface area (Å²) in [4.78, 5) is 8.11. The molecule has 0 N–H and O–H groups in total. The molecule has 3 heterocycles. The van der Waals surface area contributed by atoms with E-state index >= 15 is 0 Å². The van der Waals surface area contributed by atoms with E-state index in [2.05, 4.69) is 20.8 Å². The largest absolute Gasteiger partial charge is 0.460 e. The fourth-order valence-electron chi connectivity index (χ4n) is 2.63. The fourth-order valence-corrected chi connectivity index (χ4v) is 2.63. The SMILES string of the molecule is c1cnc(OCC2OCCc3cn(CC4CC4)nc32)nc1. The molecule has 1 aliphatic heterocycles. The number of fused-ring (bicyclic) bond motifs is 1. The summed E-state index contributed by atoms with van der Waals surface area (Å²) in [5.74, 6) is 0.819. The highest BCUT2D eigenvalue weighted by Gasteiger charge is 2.28. The van der Waals surface area contributed by atoms with Gasteiger partial charge in [0.15, 0.2) is 0 Å². The lowest BCUT2D eigenvalue weighted by Crippen LogP contribution is -2.22. The van der Waals surface area contributed by atoms with Crippen LogP contribution in [0.4, 0.5) is 0 Å².